The van der Waals surface area contributed by atoms with Gasteiger partial charge in [-0.15, -0.1) is 0 Å². The number of nitrogens with one attached hydrogen (secondary N) is 2. The third-order valence-corrected chi connectivity index (χ3v) is 2.54. The Morgan fingerprint density at radius 1 is 1.17 bits per heavy atom. The highest BCUT2D eigenvalue weighted by Crippen LogP contribution is 2.18. The first-order valence-corrected chi connectivity index (χ1v) is 5.69. The molecule has 5 nitrogen and oxygen atoms in total. The summed E-state index contributed by atoms with van der Waals surface area (Å²) in [4.78, 5) is 8.43. The highest BCUT2D eigenvalue weighted by molar-refractivity contribution is 5.43. The van der Waals surface area contributed by atoms with Crippen molar-refractivity contribution in [2.45, 2.75) is 6.54 Å². The molecule has 0 saturated heterocycles. The maximum Gasteiger partial charge on any atom is 0.147 e. The van der Waals surface area contributed by atoms with Gasteiger partial charge in [0, 0.05) is 19.2 Å². The van der Waals surface area contributed by atoms with Gasteiger partial charge < -0.3 is 15.4 Å². The topological polar surface area (TPSA) is 59.1 Å². The van der Waals surface area contributed by atoms with Crippen molar-refractivity contribution in [2.75, 3.05) is 24.8 Å². The SMILES string of the molecule is CNc1cncc(NCc2ccccc2OC)n1. The number of hydrogen-bond acceptors (Lipinski definition) is 5. The Bertz CT molecular complexity index is 516. The number of anilines is 2. The normalized spacial score (nSPS) is 9.89. The third-order valence-electron chi connectivity index (χ3n) is 2.54. The molecule has 0 spiro atoms. The Kier molecular flexibility index (Phi) is 3.96. The fourth-order valence-electron chi connectivity index (χ4n) is 1.61. The minimum Gasteiger partial charge on any atom is -0.496 e. The van der Waals surface area contributed by atoms with Crippen LogP contribution in [0.2, 0.25) is 0 Å². The zero-order chi connectivity index (χ0) is 12.8. The van der Waals surface area contributed by atoms with Gasteiger partial charge in [-0.05, 0) is 6.07 Å². The third kappa shape index (κ3) is 2.88. The summed E-state index contributed by atoms with van der Waals surface area (Å²) in [7, 11) is 3.48. The van der Waals surface area contributed by atoms with Gasteiger partial charge in [-0.25, -0.2) is 4.98 Å². The van der Waals surface area contributed by atoms with Crippen molar-refractivity contribution in [3.63, 3.8) is 0 Å². The van der Waals surface area contributed by atoms with Crippen molar-refractivity contribution in [3.05, 3.63) is 42.2 Å². The number of aromatic nitrogens is 2. The minimum absolute atomic E-state index is 0.645. The summed E-state index contributed by atoms with van der Waals surface area (Å²) in [6, 6.07) is 7.88. The molecule has 0 aliphatic carbocycles. The van der Waals surface area contributed by atoms with Crippen LogP contribution in [0, 0.1) is 0 Å². The van der Waals surface area contributed by atoms with Gasteiger partial charge in [0.05, 0.1) is 19.5 Å². The molecule has 2 rings (SSSR count). The fourth-order valence-corrected chi connectivity index (χ4v) is 1.61. The minimum atomic E-state index is 0.645. The van der Waals surface area contributed by atoms with Crippen LogP contribution in [0.4, 0.5) is 11.6 Å². The smallest absolute Gasteiger partial charge is 0.147 e. The molecule has 0 atom stereocenters. The van der Waals surface area contributed by atoms with Crippen LogP contribution in [0.15, 0.2) is 36.7 Å². The van der Waals surface area contributed by atoms with Crippen LogP contribution in [0.25, 0.3) is 0 Å². The van der Waals surface area contributed by atoms with Gasteiger partial charge in [0.25, 0.3) is 0 Å². The maximum absolute atomic E-state index is 5.29. The number of benzene rings is 1. The number of nitrogens with zero attached hydrogens (tertiary/aromatic N) is 2. The van der Waals surface area contributed by atoms with E-state index in [9.17, 15) is 0 Å². The Labute approximate surface area is 106 Å². The zero-order valence-corrected chi connectivity index (χ0v) is 10.5. The fraction of sp³-hybridized carbons (Fsp3) is 0.231. The highest BCUT2D eigenvalue weighted by Gasteiger charge is 2.02. The quantitative estimate of drug-likeness (QED) is 0.843. The molecule has 0 fully saturated rings. The monoisotopic (exact) mass is 244 g/mol. The Balaban J connectivity index is 2.06. The maximum atomic E-state index is 5.29. The Morgan fingerprint density at radius 3 is 2.72 bits per heavy atom. The summed E-state index contributed by atoms with van der Waals surface area (Å²) in [5.74, 6) is 2.33. The average Bonchev–Trinajstić information content (AvgIpc) is 2.45. The van der Waals surface area contributed by atoms with Crippen LogP contribution in [0.3, 0.4) is 0 Å². The van der Waals surface area contributed by atoms with Crippen LogP contribution in [0.5, 0.6) is 5.75 Å². The van der Waals surface area contributed by atoms with Crippen molar-refractivity contribution in [2.24, 2.45) is 0 Å². The first-order valence-electron chi connectivity index (χ1n) is 5.69. The molecule has 1 aromatic heterocycles. The predicted octanol–water partition coefficient (Wildman–Crippen LogP) is 2.14. The van der Waals surface area contributed by atoms with Crippen LogP contribution in [-0.4, -0.2) is 24.1 Å². The summed E-state index contributed by atoms with van der Waals surface area (Å²) >= 11 is 0. The molecule has 1 aromatic carbocycles. The van der Waals surface area contributed by atoms with E-state index in [-0.39, 0.29) is 0 Å². The van der Waals surface area contributed by atoms with Crippen molar-refractivity contribution in [3.8, 4) is 5.75 Å². The number of hydrogen-bond donors (Lipinski definition) is 2. The molecule has 5 heteroatoms. The summed E-state index contributed by atoms with van der Waals surface area (Å²) in [5, 5.41) is 6.17. The van der Waals surface area contributed by atoms with Crippen molar-refractivity contribution in [1.82, 2.24) is 9.97 Å². The molecular weight excluding hydrogens is 228 g/mol. The van der Waals surface area contributed by atoms with Crippen LogP contribution in [0.1, 0.15) is 5.56 Å². The first-order chi connectivity index (χ1) is 8.83. The van der Waals surface area contributed by atoms with E-state index in [2.05, 4.69) is 20.6 Å². The van der Waals surface area contributed by atoms with Gasteiger partial charge in [-0.2, -0.15) is 0 Å². The molecule has 0 aliphatic heterocycles. The lowest BCUT2D eigenvalue weighted by molar-refractivity contribution is 0.410. The van der Waals surface area contributed by atoms with E-state index in [1.807, 2.05) is 31.3 Å². The van der Waals surface area contributed by atoms with Crippen molar-refractivity contribution in [1.29, 1.82) is 0 Å². The van der Waals surface area contributed by atoms with Gasteiger partial charge in [0.1, 0.15) is 17.4 Å². The highest BCUT2D eigenvalue weighted by atomic mass is 16.5. The Hall–Kier alpha value is -2.30. The lowest BCUT2D eigenvalue weighted by Gasteiger charge is -2.10. The van der Waals surface area contributed by atoms with E-state index in [4.69, 9.17) is 4.74 Å². The summed E-state index contributed by atoms with van der Waals surface area (Å²) in [6.45, 7) is 0.645. The summed E-state index contributed by atoms with van der Waals surface area (Å²) < 4.78 is 5.29. The second-order valence-electron chi connectivity index (χ2n) is 3.70. The average molecular weight is 244 g/mol. The Morgan fingerprint density at radius 2 is 1.94 bits per heavy atom. The molecular formula is C13H16N4O. The van der Waals surface area contributed by atoms with Crippen LogP contribution >= 0.6 is 0 Å². The second kappa shape index (κ2) is 5.86. The first kappa shape index (κ1) is 12.2. The summed E-state index contributed by atoms with van der Waals surface area (Å²) in [5.41, 5.74) is 1.08. The van der Waals surface area contributed by atoms with E-state index < -0.39 is 0 Å². The molecule has 0 unspecified atom stereocenters. The number of ether oxygens (including phenoxy) is 1. The molecule has 0 saturated carbocycles. The van der Waals surface area contributed by atoms with Gasteiger partial charge in [0.2, 0.25) is 0 Å². The van der Waals surface area contributed by atoms with E-state index in [1.165, 1.54) is 0 Å². The zero-order valence-electron chi connectivity index (χ0n) is 10.5. The van der Waals surface area contributed by atoms with Gasteiger partial charge in [-0.3, -0.25) is 4.98 Å². The molecule has 0 amide bonds. The van der Waals surface area contributed by atoms with E-state index in [0.717, 1.165) is 22.9 Å². The molecule has 18 heavy (non-hydrogen) atoms. The van der Waals surface area contributed by atoms with E-state index in [0.29, 0.717) is 6.54 Å². The molecule has 0 bridgehead atoms. The largest absolute Gasteiger partial charge is 0.496 e. The van der Waals surface area contributed by atoms with E-state index in [1.54, 1.807) is 19.5 Å². The lowest BCUT2D eigenvalue weighted by Crippen LogP contribution is -2.04. The van der Waals surface area contributed by atoms with Crippen LogP contribution in [-0.2, 0) is 6.54 Å². The predicted molar refractivity (Wildman–Crippen MR) is 71.9 cm³/mol. The van der Waals surface area contributed by atoms with Crippen molar-refractivity contribution < 1.29 is 4.74 Å². The molecule has 94 valence electrons. The van der Waals surface area contributed by atoms with Crippen LogP contribution < -0.4 is 15.4 Å². The summed E-state index contributed by atoms with van der Waals surface area (Å²) in [6.07, 6.45) is 3.37. The molecule has 2 N–H and O–H groups in total. The van der Waals surface area contributed by atoms with Gasteiger partial charge in [0.15, 0.2) is 0 Å². The number of para-hydroxylation sites is 1. The van der Waals surface area contributed by atoms with Gasteiger partial charge >= 0.3 is 0 Å². The molecule has 0 aliphatic rings. The molecule has 0 radical (unpaired) electrons. The van der Waals surface area contributed by atoms with E-state index >= 15 is 0 Å². The standard InChI is InChI=1S/C13H16N4O/c1-14-12-8-15-9-13(17-12)16-7-10-5-3-4-6-11(10)18-2/h3-6,8-9H,7H2,1-2H3,(H2,14,16,17). The molecule has 2 aromatic rings. The number of rotatable bonds is 5. The lowest BCUT2D eigenvalue weighted by atomic mass is 10.2. The van der Waals surface area contributed by atoms with Crippen molar-refractivity contribution >= 4 is 11.6 Å². The number of methoxy groups -OCH3 is 1. The molecule has 1 heterocycles. The second-order valence-corrected chi connectivity index (χ2v) is 3.70. The van der Waals surface area contributed by atoms with Gasteiger partial charge in [-0.1, -0.05) is 18.2 Å².